The molecule has 1 fully saturated rings. The van der Waals surface area contributed by atoms with Crippen LogP contribution in [-0.4, -0.2) is 47.2 Å². The van der Waals surface area contributed by atoms with Gasteiger partial charge in [-0.3, -0.25) is 4.79 Å². The van der Waals surface area contributed by atoms with Crippen molar-refractivity contribution in [1.82, 2.24) is 4.90 Å². The van der Waals surface area contributed by atoms with Crippen molar-refractivity contribution in [2.75, 3.05) is 13.1 Å². The lowest BCUT2D eigenvalue weighted by molar-refractivity contribution is -0.166. The fraction of sp³-hybridized carbons (Fsp3) is 0.429. The predicted octanol–water partition coefficient (Wildman–Crippen LogP) is 1.07. The van der Waals surface area contributed by atoms with Gasteiger partial charge in [-0.1, -0.05) is 12.1 Å². The Balaban J connectivity index is 2.01. The molecule has 1 aromatic carbocycles. The molecule has 0 spiro atoms. The molecular weight excluding hydrogens is 265 g/mol. The summed E-state index contributed by atoms with van der Waals surface area (Å²) in [5.74, 6) is -1.61. The maximum atomic E-state index is 12.8. The first-order valence-corrected chi connectivity index (χ1v) is 6.36. The van der Waals surface area contributed by atoms with Crippen molar-refractivity contribution in [3.05, 3.63) is 35.6 Å². The van der Waals surface area contributed by atoms with Gasteiger partial charge in [0.05, 0.1) is 19.1 Å². The number of aliphatic carboxylic acids is 1. The van der Waals surface area contributed by atoms with E-state index in [0.717, 1.165) is 0 Å². The summed E-state index contributed by atoms with van der Waals surface area (Å²) < 4.78 is 18.0. The fourth-order valence-corrected chi connectivity index (χ4v) is 2.18. The van der Waals surface area contributed by atoms with Gasteiger partial charge >= 0.3 is 5.97 Å². The zero-order chi connectivity index (χ0) is 14.7. The van der Waals surface area contributed by atoms with Gasteiger partial charge < -0.3 is 14.7 Å². The van der Waals surface area contributed by atoms with E-state index >= 15 is 0 Å². The Bertz CT molecular complexity index is 502. The molecule has 108 valence electrons. The Morgan fingerprint density at radius 2 is 2.00 bits per heavy atom. The number of amides is 1. The van der Waals surface area contributed by atoms with Crippen molar-refractivity contribution in [2.45, 2.75) is 25.6 Å². The molecule has 1 aliphatic heterocycles. The van der Waals surface area contributed by atoms with E-state index in [4.69, 9.17) is 9.84 Å². The lowest BCUT2D eigenvalue weighted by Crippen LogP contribution is -2.52. The van der Waals surface area contributed by atoms with Crippen LogP contribution in [0.4, 0.5) is 4.39 Å². The molecule has 1 saturated heterocycles. The zero-order valence-electron chi connectivity index (χ0n) is 11.1. The molecule has 1 heterocycles. The van der Waals surface area contributed by atoms with Crippen LogP contribution in [0.1, 0.15) is 12.5 Å². The Kier molecular flexibility index (Phi) is 4.34. The second-order valence-electron chi connectivity index (χ2n) is 4.88. The summed E-state index contributed by atoms with van der Waals surface area (Å²) in [5, 5.41) is 8.97. The number of carbonyl (C=O) groups is 2. The van der Waals surface area contributed by atoms with E-state index in [1.807, 2.05) is 0 Å². The third-order valence-corrected chi connectivity index (χ3v) is 3.16. The summed E-state index contributed by atoms with van der Waals surface area (Å²) in [6.07, 6.45) is -1.18. The molecule has 1 amide bonds. The highest BCUT2D eigenvalue weighted by Gasteiger charge is 2.32. The van der Waals surface area contributed by atoms with Crippen molar-refractivity contribution >= 4 is 11.9 Å². The number of carboxylic acid groups (broad SMARTS) is 1. The molecule has 0 saturated carbocycles. The van der Waals surface area contributed by atoms with E-state index in [9.17, 15) is 14.0 Å². The highest BCUT2D eigenvalue weighted by Crippen LogP contribution is 2.13. The van der Waals surface area contributed by atoms with Crippen molar-refractivity contribution in [1.29, 1.82) is 0 Å². The topological polar surface area (TPSA) is 66.8 Å². The molecule has 6 heteroatoms. The van der Waals surface area contributed by atoms with Gasteiger partial charge in [0.25, 0.3) is 0 Å². The Hall–Kier alpha value is -1.95. The molecule has 1 aromatic rings. The van der Waals surface area contributed by atoms with Crippen LogP contribution < -0.4 is 0 Å². The van der Waals surface area contributed by atoms with Crippen molar-refractivity contribution < 1.29 is 23.8 Å². The van der Waals surface area contributed by atoms with Crippen LogP contribution in [0.3, 0.4) is 0 Å². The van der Waals surface area contributed by atoms with Gasteiger partial charge in [-0.05, 0) is 24.6 Å². The molecule has 1 aliphatic rings. The Morgan fingerprint density at radius 3 is 2.60 bits per heavy atom. The number of carbonyl (C=O) groups excluding carboxylic acids is 1. The number of morpholine rings is 1. The van der Waals surface area contributed by atoms with Crippen molar-refractivity contribution in [3.63, 3.8) is 0 Å². The molecule has 1 N–H and O–H groups in total. The normalized spacial score (nSPS) is 22.6. The zero-order valence-corrected chi connectivity index (χ0v) is 11.1. The van der Waals surface area contributed by atoms with Gasteiger partial charge in [0.2, 0.25) is 5.91 Å². The third kappa shape index (κ3) is 3.54. The minimum absolute atomic E-state index is 0.0414. The summed E-state index contributed by atoms with van der Waals surface area (Å²) in [6.45, 7) is 2.14. The summed E-state index contributed by atoms with van der Waals surface area (Å²) in [4.78, 5) is 24.6. The summed E-state index contributed by atoms with van der Waals surface area (Å²) in [5.41, 5.74) is 0.697. The minimum Gasteiger partial charge on any atom is -0.479 e. The first-order valence-electron chi connectivity index (χ1n) is 6.36. The minimum atomic E-state index is -1.07. The lowest BCUT2D eigenvalue weighted by atomic mass is 10.1. The van der Waals surface area contributed by atoms with Gasteiger partial charge in [0.1, 0.15) is 5.82 Å². The quantitative estimate of drug-likeness (QED) is 0.900. The standard InChI is InChI=1S/C14H16FNO4/c1-9-7-16(8-12(20-9)14(18)19)13(17)6-10-2-4-11(15)5-3-10/h2-5,9,12H,6-8H2,1H3,(H,18,19)/t9-,12?/m1/s1. The SMILES string of the molecule is C[C@@H]1CN(C(=O)Cc2ccc(F)cc2)CC(C(=O)O)O1. The monoisotopic (exact) mass is 281 g/mol. The second-order valence-corrected chi connectivity index (χ2v) is 4.88. The summed E-state index contributed by atoms with van der Waals surface area (Å²) in [7, 11) is 0. The maximum Gasteiger partial charge on any atom is 0.334 e. The molecule has 2 rings (SSSR count). The molecule has 0 bridgehead atoms. The third-order valence-electron chi connectivity index (χ3n) is 3.16. The highest BCUT2D eigenvalue weighted by atomic mass is 19.1. The maximum absolute atomic E-state index is 12.8. The van der Waals surface area contributed by atoms with E-state index in [1.165, 1.54) is 17.0 Å². The van der Waals surface area contributed by atoms with Gasteiger partial charge in [-0.15, -0.1) is 0 Å². The van der Waals surface area contributed by atoms with Gasteiger partial charge in [-0.2, -0.15) is 0 Å². The number of hydrogen-bond donors (Lipinski definition) is 1. The van der Waals surface area contributed by atoms with E-state index in [-0.39, 0.29) is 30.8 Å². The van der Waals surface area contributed by atoms with Crippen LogP contribution in [0.5, 0.6) is 0 Å². The molecule has 5 nitrogen and oxygen atoms in total. The number of ether oxygens (including phenoxy) is 1. The van der Waals surface area contributed by atoms with Crippen LogP contribution >= 0.6 is 0 Å². The van der Waals surface area contributed by atoms with Gasteiger partial charge in [0.15, 0.2) is 6.10 Å². The molecule has 0 aromatic heterocycles. The summed E-state index contributed by atoms with van der Waals surface area (Å²) >= 11 is 0. The number of rotatable bonds is 3. The average Bonchev–Trinajstić information content (AvgIpc) is 2.40. The van der Waals surface area contributed by atoms with Crippen LogP contribution in [0.2, 0.25) is 0 Å². The number of halogens is 1. The van der Waals surface area contributed by atoms with Crippen molar-refractivity contribution in [3.8, 4) is 0 Å². The molecule has 2 atom stereocenters. The Labute approximate surface area is 116 Å². The predicted molar refractivity (Wildman–Crippen MR) is 68.7 cm³/mol. The second kappa shape index (κ2) is 6.00. The molecule has 0 aliphatic carbocycles. The van der Waals surface area contributed by atoms with Gasteiger partial charge in [-0.25, -0.2) is 9.18 Å². The van der Waals surface area contributed by atoms with E-state index in [0.29, 0.717) is 12.1 Å². The number of nitrogens with zero attached hydrogens (tertiary/aromatic N) is 1. The van der Waals surface area contributed by atoms with Crippen LogP contribution in [0.15, 0.2) is 24.3 Å². The van der Waals surface area contributed by atoms with Crippen LogP contribution in [0.25, 0.3) is 0 Å². The fourth-order valence-electron chi connectivity index (χ4n) is 2.18. The van der Waals surface area contributed by atoms with E-state index in [1.54, 1.807) is 19.1 Å². The smallest absolute Gasteiger partial charge is 0.334 e. The molecule has 0 radical (unpaired) electrons. The van der Waals surface area contributed by atoms with Crippen molar-refractivity contribution in [2.24, 2.45) is 0 Å². The largest absolute Gasteiger partial charge is 0.479 e. The molecule has 1 unspecified atom stereocenters. The van der Waals surface area contributed by atoms with E-state index in [2.05, 4.69) is 0 Å². The van der Waals surface area contributed by atoms with Crippen LogP contribution in [-0.2, 0) is 20.7 Å². The van der Waals surface area contributed by atoms with Gasteiger partial charge in [0, 0.05) is 6.54 Å². The number of carboxylic acids is 1. The summed E-state index contributed by atoms with van der Waals surface area (Å²) in [6, 6.07) is 5.69. The van der Waals surface area contributed by atoms with E-state index < -0.39 is 12.1 Å². The first-order chi connectivity index (χ1) is 9.45. The first kappa shape index (κ1) is 14.5. The average molecular weight is 281 g/mol. The highest BCUT2D eigenvalue weighted by molar-refractivity contribution is 5.80. The van der Waals surface area contributed by atoms with Crippen LogP contribution in [0, 0.1) is 5.82 Å². The molecule has 20 heavy (non-hydrogen) atoms. The molecular formula is C14H16FNO4. The number of benzene rings is 1. The lowest BCUT2D eigenvalue weighted by Gasteiger charge is -2.35. The number of hydrogen-bond acceptors (Lipinski definition) is 3. The Morgan fingerprint density at radius 1 is 1.35 bits per heavy atom.